The number of halogens is 1. The highest BCUT2D eigenvalue weighted by Gasteiger charge is 2.15. The van der Waals surface area contributed by atoms with Crippen LogP contribution in [0.4, 0.5) is 5.69 Å². The molecular weight excluding hydrogens is 334 g/mol. The first-order valence-electron chi connectivity index (χ1n) is 6.92. The number of para-hydroxylation sites is 1. The van der Waals surface area contributed by atoms with Gasteiger partial charge in [-0.15, -0.1) is 23.7 Å². The Morgan fingerprint density at radius 2 is 1.96 bits per heavy atom. The van der Waals surface area contributed by atoms with Gasteiger partial charge in [0.2, 0.25) is 5.91 Å². The van der Waals surface area contributed by atoms with E-state index in [0.29, 0.717) is 17.1 Å². The fourth-order valence-electron chi connectivity index (χ4n) is 1.94. The molecule has 7 heteroatoms. The van der Waals surface area contributed by atoms with E-state index in [1.165, 1.54) is 11.3 Å². The van der Waals surface area contributed by atoms with Crippen molar-refractivity contribution in [3.8, 4) is 0 Å². The molecule has 0 saturated heterocycles. The summed E-state index contributed by atoms with van der Waals surface area (Å²) >= 11 is 1.41. The molecule has 23 heavy (non-hydrogen) atoms. The van der Waals surface area contributed by atoms with Crippen molar-refractivity contribution in [2.75, 3.05) is 12.4 Å². The molecule has 0 radical (unpaired) electrons. The number of nitrogens with one attached hydrogen (secondary N) is 1. The molecule has 0 fully saturated rings. The number of anilines is 1. The highest BCUT2D eigenvalue weighted by molar-refractivity contribution is 7.12. The van der Waals surface area contributed by atoms with E-state index in [0.717, 1.165) is 5.56 Å². The Morgan fingerprint density at radius 1 is 1.26 bits per heavy atom. The molecule has 2 aromatic rings. The molecule has 1 atom stereocenters. The molecule has 2 amide bonds. The molecule has 3 N–H and O–H groups in total. The Bertz CT molecular complexity index is 659. The monoisotopic (exact) mass is 353 g/mol. The zero-order valence-corrected chi connectivity index (χ0v) is 14.6. The maximum absolute atomic E-state index is 12.3. The van der Waals surface area contributed by atoms with Crippen molar-refractivity contribution in [2.45, 2.75) is 19.5 Å². The van der Waals surface area contributed by atoms with Crippen LogP contribution >= 0.6 is 23.7 Å². The van der Waals surface area contributed by atoms with Gasteiger partial charge in [-0.25, -0.2) is 0 Å². The zero-order chi connectivity index (χ0) is 16.1. The number of carbonyl (C=O) groups is 2. The number of rotatable bonds is 5. The van der Waals surface area contributed by atoms with E-state index in [2.05, 4.69) is 5.32 Å². The summed E-state index contributed by atoms with van der Waals surface area (Å²) in [5.41, 5.74) is 7.11. The molecular formula is C16H20ClN3O2S. The minimum atomic E-state index is -0.585. The lowest BCUT2D eigenvalue weighted by molar-refractivity contribution is -0.117. The minimum Gasteiger partial charge on any atom is -0.337 e. The molecule has 2 rings (SSSR count). The molecule has 1 aromatic heterocycles. The second kappa shape index (κ2) is 8.67. The summed E-state index contributed by atoms with van der Waals surface area (Å²) in [4.78, 5) is 26.4. The van der Waals surface area contributed by atoms with Gasteiger partial charge in [-0.3, -0.25) is 9.59 Å². The summed E-state index contributed by atoms with van der Waals surface area (Å²) in [7, 11) is 1.74. The number of carbonyl (C=O) groups excluding carboxylic acids is 2. The Hall–Kier alpha value is -1.89. The molecule has 0 spiro atoms. The van der Waals surface area contributed by atoms with Crippen LogP contribution in [0, 0.1) is 0 Å². The van der Waals surface area contributed by atoms with Gasteiger partial charge in [0.05, 0.1) is 10.9 Å². The summed E-state index contributed by atoms with van der Waals surface area (Å²) < 4.78 is 0. The predicted molar refractivity (Wildman–Crippen MR) is 96.1 cm³/mol. The van der Waals surface area contributed by atoms with Crippen LogP contribution in [0.2, 0.25) is 0 Å². The SMILES string of the molecule is C[C@@H](N)C(=O)Nc1ccccc1CN(C)C(=O)c1cccs1.Cl. The second-order valence-electron chi connectivity index (χ2n) is 5.07. The van der Waals surface area contributed by atoms with E-state index >= 15 is 0 Å². The Balaban J connectivity index is 0.00000264. The van der Waals surface area contributed by atoms with Crippen LogP contribution in [-0.2, 0) is 11.3 Å². The molecule has 124 valence electrons. The lowest BCUT2D eigenvalue weighted by Gasteiger charge is -2.19. The van der Waals surface area contributed by atoms with E-state index < -0.39 is 6.04 Å². The first-order chi connectivity index (χ1) is 10.5. The standard InChI is InChI=1S/C16H19N3O2S.ClH/c1-11(17)15(20)18-13-7-4-3-6-12(13)10-19(2)16(21)14-8-5-9-22-14;/h3-9,11H,10,17H2,1-2H3,(H,18,20);1H/t11-;/m1./s1. The van der Waals surface area contributed by atoms with Gasteiger partial charge in [0.15, 0.2) is 0 Å². The van der Waals surface area contributed by atoms with Gasteiger partial charge in [0, 0.05) is 19.3 Å². The Labute approximate surface area is 145 Å². The molecule has 1 heterocycles. The molecule has 0 saturated carbocycles. The van der Waals surface area contributed by atoms with Crippen molar-refractivity contribution in [1.29, 1.82) is 0 Å². The summed E-state index contributed by atoms with van der Waals surface area (Å²) in [5.74, 6) is -0.289. The molecule has 0 aliphatic heterocycles. The van der Waals surface area contributed by atoms with Gasteiger partial charge in [0.25, 0.3) is 5.91 Å². The van der Waals surface area contributed by atoms with Gasteiger partial charge < -0.3 is 16.0 Å². The zero-order valence-electron chi connectivity index (χ0n) is 13.0. The first kappa shape index (κ1) is 19.2. The third-order valence-electron chi connectivity index (χ3n) is 3.17. The Morgan fingerprint density at radius 3 is 2.57 bits per heavy atom. The third kappa shape index (κ3) is 5.06. The molecule has 1 aromatic carbocycles. The Kier molecular flexibility index (Phi) is 7.22. The third-order valence-corrected chi connectivity index (χ3v) is 4.03. The number of hydrogen-bond acceptors (Lipinski definition) is 4. The van der Waals surface area contributed by atoms with E-state index in [1.54, 1.807) is 31.0 Å². The van der Waals surface area contributed by atoms with E-state index in [-0.39, 0.29) is 24.2 Å². The smallest absolute Gasteiger partial charge is 0.263 e. The maximum Gasteiger partial charge on any atom is 0.263 e. The molecule has 0 aliphatic rings. The van der Waals surface area contributed by atoms with Crippen molar-refractivity contribution < 1.29 is 9.59 Å². The summed E-state index contributed by atoms with van der Waals surface area (Å²) in [6, 6.07) is 10.5. The van der Waals surface area contributed by atoms with Gasteiger partial charge in [0.1, 0.15) is 0 Å². The minimum absolute atomic E-state index is 0. The van der Waals surface area contributed by atoms with Gasteiger partial charge in [-0.05, 0) is 30.0 Å². The molecule has 0 unspecified atom stereocenters. The van der Waals surface area contributed by atoms with Crippen LogP contribution in [0.5, 0.6) is 0 Å². The first-order valence-corrected chi connectivity index (χ1v) is 7.80. The van der Waals surface area contributed by atoms with Gasteiger partial charge >= 0.3 is 0 Å². The largest absolute Gasteiger partial charge is 0.337 e. The highest BCUT2D eigenvalue weighted by Crippen LogP contribution is 2.19. The summed E-state index contributed by atoms with van der Waals surface area (Å²) in [6.07, 6.45) is 0. The fraction of sp³-hybridized carbons (Fsp3) is 0.250. The lowest BCUT2D eigenvalue weighted by Crippen LogP contribution is -2.33. The van der Waals surface area contributed by atoms with E-state index in [9.17, 15) is 9.59 Å². The number of hydrogen-bond donors (Lipinski definition) is 2. The fourth-order valence-corrected chi connectivity index (χ4v) is 2.66. The van der Waals surface area contributed by atoms with Crippen LogP contribution in [0.25, 0.3) is 0 Å². The number of nitrogens with two attached hydrogens (primary N) is 1. The predicted octanol–water partition coefficient (Wildman–Crippen LogP) is 2.73. The van der Waals surface area contributed by atoms with Crippen molar-refractivity contribution >= 4 is 41.2 Å². The van der Waals surface area contributed by atoms with E-state index in [4.69, 9.17) is 5.73 Å². The number of amides is 2. The number of thiophene rings is 1. The highest BCUT2D eigenvalue weighted by atomic mass is 35.5. The number of nitrogens with zero attached hydrogens (tertiary/aromatic N) is 1. The molecule has 5 nitrogen and oxygen atoms in total. The molecule has 0 aliphatic carbocycles. The molecule has 0 bridgehead atoms. The quantitative estimate of drug-likeness (QED) is 0.867. The second-order valence-corrected chi connectivity index (χ2v) is 6.02. The average Bonchev–Trinajstić information content (AvgIpc) is 3.02. The van der Waals surface area contributed by atoms with Crippen LogP contribution in [0.15, 0.2) is 41.8 Å². The van der Waals surface area contributed by atoms with Crippen LogP contribution < -0.4 is 11.1 Å². The lowest BCUT2D eigenvalue weighted by atomic mass is 10.1. The summed E-state index contributed by atoms with van der Waals surface area (Å²) in [5, 5.41) is 4.66. The van der Waals surface area contributed by atoms with Gasteiger partial charge in [-0.2, -0.15) is 0 Å². The van der Waals surface area contributed by atoms with Crippen LogP contribution in [-0.4, -0.2) is 29.8 Å². The van der Waals surface area contributed by atoms with Crippen LogP contribution in [0.3, 0.4) is 0 Å². The summed E-state index contributed by atoms with van der Waals surface area (Å²) in [6.45, 7) is 2.04. The normalized spacial score (nSPS) is 11.3. The van der Waals surface area contributed by atoms with Gasteiger partial charge in [-0.1, -0.05) is 24.3 Å². The number of benzene rings is 1. The van der Waals surface area contributed by atoms with Crippen molar-refractivity contribution in [3.05, 3.63) is 52.2 Å². The van der Waals surface area contributed by atoms with E-state index in [1.807, 2.05) is 29.6 Å². The van der Waals surface area contributed by atoms with Crippen LogP contribution in [0.1, 0.15) is 22.2 Å². The average molecular weight is 354 g/mol. The topological polar surface area (TPSA) is 75.4 Å². The van der Waals surface area contributed by atoms with Crippen molar-refractivity contribution in [3.63, 3.8) is 0 Å². The van der Waals surface area contributed by atoms with Crippen molar-refractivity contribution in [2.24, 2.45) is 5.73 Å². The van der Waals surface area contributed by atoms with Crippen molar-refractivity contribution in [1.82, 2.24) is 4.90 Å². The maximum atomic E-state index is 12.3.